The summed E-state index contributed by atoms with van der Waals surface area (Å²) in [6.45, 7) is 5.18. The Morgan fingerprint density at radius 1 is 0.919 bits per heavy atom. The minimum Gasteiger partial charge on any atom is -0.377 e. The second kappa shape index (κ2) is 17.3. The lowest BCUT2D eigenvalue weighted by molar-refractivity contribution is -0.135. The predicted molar refractivity (Wildman–Crippen MR) is 235 cm³/mol. The molecular formula is C44H52ClN9O7S. The summed E-state index contributed by atoms with van der Waals surface area (Å²) < 4.78 is 40.1. The van der Waals surface area contributed by atoms with Crippen molar-refractivity contribution < 1.29 is 22.7 Å². The number of ether oxygens (including phenoxy) is 1. The number of hydrogen-bond donors (Lipinski definition) is 3. The Kier molecular flexibility index (Phi) is 11.8. The number of likely N-dealkylation sites (tertiary alicyclic amines) is 1. The maximum atomic E-state index is 13.2. The Hall–Kier alpha value is -4.94. The van der Waals surface area contributed by atoms with Crippen LogP contribution < -0.4 is 26.6 Å². The summed E-state index contributed by atoms with van der Waals surface area (Å²) in [6.07, 6.45) is 10.1. The average Bonchev–Trinajstić information content (AvgIpc) is 3.85. The van der Waals surface area contributed by atoms with E-state index in [4.69, 9.17) is 21.3 Å². The van der Waals surface area contributed by atoms with Crippen molar-refractivity contribution in [1.29, 1.82) is 0 Å². The topological polar surface area (TPSA) is 192 Å². The van der Waals surface area contributed by atoms with Crippen molar-refractivity contribution in [2.24, 2.45) is 13.0 Å². The zero-order chi connectivity index (χ0) is 43.3. The van der Waals surface area contributed by atoms with Crippen molar-refractivity contribution >= 4 is 67.1 Å². The third-order valence-corrected chi connectivity index (χ3v) is 15.0. The number of hydrogen-bond acceptors (Lipinski definition) is 11. The Bertz CT molecular complexity index is 2780. The van der Waals surface area contributed by atoms with E-state index in [0.29, 0.717) is 52.0 Å². The lowest BCUT2D eigenvalue weighted by atomic mass is 9.84. The van der Waals surface area contributed by atoms with Crippen molar-refractivity contribution in [1.82, 2.24) is 38.6 Å². The van der Waals surface area contributed by atoms with Crippen LogP contribution in [0.5, 0.6) is 0 Å². The molecule has 9 rings (SSSR count). The van der Waals surface area contributed by atoms with Gasteiger partial charge < -0.3 is 15.0 Å². The van der Waals surface area contributed by atoms with Gasteiger partial charge in [0, 0.05) is 68.9 Å². The summed E-state index contributed by atoms with van der Waals surface area (Å²) in [5.41, 5.74) is 4.00. The molecule has 62 heavy (non-hydrogen) atoms. The highest BCUT2D eigenvalue weighted by atomic mass is 35.5. The minimum atomic E-state index is -3.78. The van der Waals surface area contributed by atoms with E-state index < -0.39 is 22.0 Å². The number of pyridine rings is 1. The third-order valence-electron chi connectivity index (χ3n) is 13.3. The molecule has 2 saturated carbocycles. The molecule has 0 radical (unpaired) electrons. The normalized spacial score (nSPS) is 21.8. The van der Waals surface area contributed by atoms with Gasteiger partial charge in [-0.25, -0.2) is 22.9 Å². The van der Waals surface area contributed by atoms with Crippen LogP contribution in [-0.4, -0.2) is 87.7 Å². The van der Waals surface area contributed by atoms with Crippen LogP contribution in [0.1, 0.15) is 93.3 Å². The first kappa shape index (κ1) is 42.4. The van der Waals surface area contributed by atoms with Crippen LogP contribution in [0, 0.1) is 12.8 Å². The van der Waals surface area contributed by atoms with Crippen molar-refractivity contribution in [3.8, 4) is 0 Å². The van der Waals surface area contributed by atoms with Crippen molar-refractivity contribution in [2.75, 3.05) is 38.1 Å². The monoisotopic (exact) mass is 885 g/mol. The minimum absolute atomic E-state index is 0.0379. The van der Waals surface area contributed by atoms with E-state index in [9.17, 15) is 27.6 Å². The Morgan fingerprint density at radius 3 is 2.44 bits per heavy atom. The predicted octanol–water partition coefficient (Wildman–Crippen LogP) is 5.20. The molecule has 2 aliphatic carbocycles. The summed E-state index contributed by atoms with van der Waals surface area (Å²) in [7, 11) is -2.06. The molecule has 2 saturated heterocycles. The van der Waals surface area contributed by atoms with E-state index in [1.54, 1.807) is 46.6 Å². The molecule has 18 heteroatoms. The first-order valence-electron chi connectivity index (χ1n) is 21.7. The van der Waals surface area contributed by atoms with Crippen LogP contribution in [0.25, 0.3) is 22.1 Å². The number of aromatic nitrogens is 5. The second-order valence-electron chi connectivity index (χ2n) is 17.4. The number of rotatable bonds is 13. The summed E-state index contributed by atoms with van der Waals surface area (Å²) >= 11 is 6.28. The van der Waals surface area contributed by atoms with Crippen molar-refractivity contribution in [3.05, 3.63) is 85.6 Å². The molecule has 5 aromatic rings. The van der Waals surface area contributed by atoms with E-state index >= 15 is 0 Å². The number of amides is 2. The van der Waals surface area contributed by atoms with Gasteiger partial charge in [-0.05, 0) is 105 Å². The molecule has 4 fully saturated rings. The van der Waals surface area contributed by atoms with E-state index in [0.717, 1.165) is 76.5 Å². The van der Waals surface area contributed by atoms with Crippen LogP contribution in [0.4, 0.5) is 11.6 Å². The van der Waals surface area contributed by atoms with Crippen LogP contribution in [0.2, 0.25) is 5.02 Å². The smallest absolute Gasteiger partial charge is 0.329 e. The number of halogens is 1. The Morgan fingerprint density at radius 2 is 1.69 bits per heavy atom. The molecule has 2 aliphatic heterocycles. The number of carbonyl (C=O) groups excluding carboxylic acids is 2. The first-order valence-corrected chi connectivity index (χ1v) is 23.5. The molecule has 16 nitrogen and oxygen atoms in total. The highest BCUT2D eigenvalue weighted by molar-refractivity contribution is 7.89. The maximum absolute atomic E-state index is 13.2. The van der Waals surface area contributed by atoms with Gasteiger partial charge in [-0.1, -0.05) is 30.5 Å². The number of imide groups is 1. The first-order chi connectivity index (χ1) is 29.8. The van der Waals surface area contributed by atoms with E-state index in [2.05, 4.69) is 37.4 Å². The molecule has 5 heterocycles. The fourth-order valence-electron chi connectivity index (χ4n) is 9.84. The molecule has 1 atom stereocenters. The van der Waals surface area contributed by atoms with Gasteiger partial charge >= 0.3 is 5.69 Å². The molecule has 2 aromatic carbocycles. The Labute approximate surface area is 364 Å². The molecule has 1 unspecified atom stereocenters. The maximum Gasteiger partial charge on any atom is 0.329 e. The molecule has 3 aromatic heterocycles. The summed E-state index contributed by atoms with van der Waals surface area (Å²) in [6, 6.07) is 11.8. The fourth-order valence-corrected chi connectivity index (χ4v) is 11.1. The van der Waals surface area contributed by atoms with Gasteiger partial charge in [-0.3, -0.25) is 33.4 Å². The number of nitrogens with zero attached hydrogens (tertiary/aromatic N) is 6. The zero-order valence-electron chi connectivity index (χ0n) is 34.9. The fraction of sp³-hybridized carbons (Fsp3) is 0.500. The SMILES string of the molecule is Cc1cc(S(=O)(=O)NCCOC2CCC(CN3CC(c4ccc5c(c4)n(C)c(=O)n5C4CCC(=O)NC4=O)C3)CC2)ccc1Nc1ncc2cc(Cl)c(=O)n(C3CCCC3)c2n1. The number of carbonyl (C=O) groups is 2. The van der Waals surface area contributed by atoms with Crippen molar-refractivity contribution in [2.45, 2.75) is 100 Å². The van der Waals surface area contributed by atoms with Crippen LogP contribution in [0.3, 0.4) is 0 Å². The van der Waals surface area contributed by atoms with E-state index in [1.807, 2.05) is 13.0 Å². The molecule has 0 bridgehead atoms. The van der Waals surface area contributed by atoms with E-state index in [1.165, 1.54) is 10.1 Å². The second-order valence-corrected chi connectivity index (χ2v) is 19.6. The van der Waals surface area contributed by atoms with Gasteiger partial charge in [0.05, 0.1) is 28.6 Å². The van der Waals surface area contributed by atoms with Crippen molar-refractivity contribution in [3.63, 3.8) is 0 Å². The highest BCUT2D eigenvalue weighted by Crippen LogP contribution is 2.35. The summed E-state index contributed by atoms with van der Waals surface area (Å²) in [5.74, 6) is 0.500. The number of nitrogens with one attached hydrogen (secondary N) is 3. The number of anilines is 2. The summed E-state index contributed by atoms with van der Waals surface area (Å²) in [5, 5.41) is 6.38. The van der Waals surface area contributed by atoms with Gasteiger partial charge in [-0.15, -0.1) is 0 Å². The lowest BCUT2D eigenvalue weighted by Crippen LogP contribution is -2.47. The highest BCUT2D eigenvalue weighted by Gasteiger charge is 2.34. The van der Waals surface area contributed by atoms with Gasteiger partial charge in [0.15, 0.2) is 0 Å². The molecule has 328 valence electrons. The van der Waals surface area contributed by atoms with Gasteiger partial charge in [0.2, 0.25) is 27.8 Å². The molecule has 4 aliphatic rings. The molecular weight excluding hydrogens is 834 g/mol. The lowest BCUT2D eigenvalue weighted by Gasteiger charge is -2.42. The zero-order valence-corrected chi connectivity index (χ0v) is 36.5. The van der Waals surface area contributed by atoms with Gasteiger partial charge in [0.1, 0.15) is 16.7 Å². The quantitative estimate of drug-likeness (QED) is 0.104. The van der Waals surface area contributed by atoms with Crippen LogP contribution >= 0.6 is 11.6 Å². The van der Waals surface area contributed by atoms with E-state index in [-0.39, 0.29) is 58.8 Å². The molecule has 3 N–H and O–H groups in total. The number of benzene rings is 2. The van der Waals surface area contributed by atoms with Crippen LogP contribution in [-0.2, 0) is 31.4 Å². The Balaban J connectivity index is 0.717. The third kappa shape index (κ3) is 8.44. The molecule has 0 spiro atoms. The summed E-state index contributed by atoms with van der Waals surface area (Å²) in [4.78, 5) is 62.2. The largest absolute Gasteiger partial charge is 0.377 e. The number of imidazole rings is 1. The average molecular weight is 886 g/mol. The number of sulfonamides is 1. The number of aryl methyl sites for hydroxylation is 2. The standard InChI is InChI=1S/C44H52ClN9O7S/c1-26-19-33(12-13-35(26)48-43-46-22-29-20-34(45)42(57)53(40(29)50-43)31-5-3-4-6-31)62(59,60)47-17-18-61-32-10-7-27(8-11-32)23-52-24-30(25-52)28-9-14-36-38(21-28)51(2)44(58)54(36)37-15-16-39(55)49-41(37)56/h9,12-14,19-22,27,30-32,37,47H,3-8,10-11,15-18,23-25H2,1-2H3,(H,46,48,50)(H,49,55,56). The number of fused-ring (bicyclic) bond motifs is 2. The number of piperidine rings is 1. The van der Waals surface area contributed by atoms with Crippen LogP contribution in [0.15, 0.2) is 63.1 Å². The molecule has 2 amide bonds. The van der Waals surface area contributed by atoms with Gasteiger partial charge in [-0.2, -0.15) is 4.98 Å². The van der Waals surface area contributed by atoms with Gasteiger partial charge in [0.25, 0.3) is 5.56 Å².